The molecule has 1 fully saturated rings. The molecule has 1 atom stereocenters. The fraction of sp³-hybridized carbons (Fsp3) is 0.350. The van der Waals surface area contributed by atoms with Gasteiger partial charge in [-0.05, 0) is 49.1 Å². The van der Waals surface area contributed by atoms with Crippen LogP contribution in [0.3, 0.4) is 0 Å². The van der Waals surface area contributed by atoms with Crippen LogP contribution in [0, 0.1) is 6.92 Å². The van der Waals surface area contributed by atoms with E-state index in [0.717, 1.165) is 29.7 Å². The lowest BCUT2D eigenvalue weighted by molar-refractivity contribution is -0.274. The van der Waals surface area contributed by atoms with Gasteiger partial charge in [-0.25, -0.2) is 4.98 Å². The number of aromatic nitrogens is 2. The Morgan fingerprint density at radius 3 is 2.79 bits per heavy atom. The number of aliphatic hydroxyl groups excluding tert-OH is 1. The lowest BCUT2D eigenvalue weighted by atomic mass is 10.1. The first-order chi connectivity index (χ1) is 13.4. The van der Waals surface area contributed by atoms with Crippen LogP contribution in [0.2, 0.25) is 0 Å². The van der Waals surface area contributed by atoms with Crippen LogP contribution in [-0.4, -0.2) is 27.6 Å². The van der Waals surface area contributed by atoms with Crippen LogP contribution in [0.15, 0.2) is 36.4 Å². The fourth-order valence-electron chi connectivity index (χ4n) is 3.61. The van der Waals surface area contributed by atoms with E-state index in [2.05, 4.69) is 9.72 Å². The van der Waals surface area contributed by atoms with E-state index in [1.807, 2.05) is 29.7 Å². The molecule has 0 radical (unpaired) electrons. The predicted octanol–water partition coefficient (Wildman–Crippen LogP) is 4.58. The molecule has 1 N–H and O–H groups in total. The van der Waals surface area contributed by atoms with E-state index in [1.54, 1.807) is 6.07 Å². The highest BCUT2D eigenvalue weighted by Crippen LogP contribution is 2.35. The zero-order valence-electron chi connectivity index (χ0n) is 15.2. The summed E-state index contributed by atoms with van der Waals surface area (Å²) in [5.74, 6) is 0.319. The molecule has 1 aliphatic heterocycles. The van der Waals surface area contributed by atoms with Crippen LogP contribution in [0.4, 0.5) is 13.2 Å². The summed E-state index contributed by atoms with van der Waals surface area (Å²) in [5, 5.41) is 9.61. The number of hydrogen-bond acceptors (Lipinski definition) is 4. The largest absolute Gasteiger partial charge is 0.573 e. The molecule has 28 heavy (non-hydrogen) atoms. The Labute approximate surface area is 159 Å². The van der Waals surface area contributed by atoms with Gasteiger partial charge in [0.1, 0.15) is 17.7 Å². The van der Waals surface area contributed by atoms with Gasteiger partial charge in [-0.15, -0.1) is 13.2 Å². The molecule has 0 aliphatic carbocycles. The number of rotatable bonds is 4. The molecular formula is C20H19F3N2O3. The van der Waals surface area contributed by atoms with Crippen molar-refractivity contribution < 1.29 is 27.8 Å². The summed E-state index contributed by atoms with van der Waals surface area (Å²) >= 11 is 0. The van der Waals surface area contributed by atoms with Crippen LogP contribution in [0.5, 0.6) is 5.75 Å². The number of imidazole rings is 1. The van der Waals surface area contributed by atoms with Crippen molar-refractivity contribution in [2.45, 2.75) is 38.8 Å². The molecule has 3 aromatic rings. The summed E-state index contributed by atoms with van der Waals surface area (Å²) < 4.78 is 49.5. The van der Waals surface area contributed by atoms with Crippen molar-refractivity contribution in [3.8, 4) is 11.4 Å². The second kappa shape index (κ2) is 7.10. The number of benzene rings is 2. The molecule has 8 heteroatoms. The standard InChI is InChI=1S/C20H19F3N2O3/c1-12-13(11-26)4-2-5-16(12)25-17-8-7-14(28-20(21,22)23)10-15(17)24-19(25)18-6-3-9-27-18/h2,4-5,7-8,10,18,26H,3,6,9,11H2,1H3/t18-/m1/s1. The van der Waals surface area contributed by atoms with Gasteiger partial charge in [-0.2, -0.15) is 0 Å². The Bertz CT molecular complexity index is 1010. The Kier molecular flexibility index (Phi) is 4.76. The van der Waals surface area contributed by atoms with Gasteiger partial charge < -0.3 is 14.6 Å². The van der Waals surface area contributed by atoms with Crippen LogP contribution in [0.1, 0.15) is 35.9 Å². The third-order valence-corrected chi connectivity index (χ3v) is 4.93. The predicted molar refractivity (Wildman–Crippen MR) is 96.3 cm³/mol. The summed E-state index contributed by atoms with van der Waals surface area (Å²) in [7, 11) is 0. The van der Waals surface area contributed by atoms with Gasteiger partial charge >= 0.3 is 6.36 Å². The minimum Gasteiger partial charge on any atom is -0.406 e. The van der Waals surface area contributed by atoms with Gasteiger partial charge in [-0.1, -0.05) is 12.1 Å². The number of alkyl halides is 3. The number of aliphatic hydroxyl groups is 1. The summed E-state index contributed by atoms with van der Waals surface area (Å²) in [6, 6.07) is 9.68. The van der Waals surface area contributed by atoms with E-state index < -0.39 is 6.36 Å². The molecule has 0 amide bonds. The van der Waals surface area contributed by atoms with Gasteiger partial charge in [0, 0.05) is 12.7 Å². The summed E-state index contributed by atoms with van der Waals surface area (Å²) in [6.07, 6.45) is -3.32. The minimum absolute atomic E-state index is 0.106. The van der Waals surface area contributed by atoms with Crippen LogP contribution >= 0.6 is 0 Å². The highest BCUT2D eigenvalue weighted by molar-refractivity contribution is 5.80. The van der Waals surface area contributed by atoms with Gasteiger partial charge in [-0.3, -0.25) is 4.57 Å². The smallest absolute Gasteiger partial charge is 0.406 e. The van der Waals surface area contributed by atoms with E-state index in [9.17, 15) is 18.3 Å². The Balaban J connectivity index is 1.91. The van der Waals surface area contributed by atoms with Gasteiger partial charge in [0.15, 0.2) is 0 Å². The van der Waals surface area contributed by atoms with Gasteiger partial charge in [0.2, 0.25) is 0 Å². The van der Waals surface area contributed by atoms with Crippen molar-refractivity contribution in [2.24, 2.45) is 0 Å². The zero-order chi connectivity index (χ0) is 19.9. The second-order valence-corrected chi connectivity index (χ2v) is 6.72. The van der Waals surface area contributed by atoms with Gasteiger partial charge in [0.25, 0.3) is 0 Å². The van der Waals surface area contributed by atoms with Crippen molar-refractivity contribution >= 4 is 11.0 Å². The number of fused-ring (bicyclic) bond motifs is 1. The van der Waals surface area contributed by atoms with Crippen LogP contribution < -0.4 is 4.74 Å². The second-order valence-electron chi connectivity index (χ2n) is 6.72. The maximum Gasteiger partial charge on any atom is 0.573 e. The lowest BCUT2D eigenvalue weighted by Crippen LogP contribution is -2.17. The molecule has 0 bridgehead atoms. The van der Waals surface area contributed by atoms with Crippen molar-refractivity contribution in [2.75, 3.05) is 6.61 Å². The topological polar surface area (TPSA) is 56.5 Å². The van der Waals surface area contributed by atoms with Crippen molar-refractivity contribution in [1.82, 2.24) is 9.55 Å². The Morgan fingerprint density at radius 1 is 1.29 bits per heavy atom. The van der Waals surface area contributed by atoms with E-state index in [0.29, 0.717) is 23.5 Å². The third kappa shape index (κ3) is 3.45. The molecule has 2 aromatic carbocycles. The molecule has 0 saturated carbocycles. The normalized spacial score (nSPS) is 17.4. The minimum atomic E-state index is -4.76. The van der Waals surface area contributed by atoms with Crippen LogP contribution in [0.25, 0.3) is 16.7 Å². The first-order valence-corrected chi connectivity index (χ1v) is 8.97. The molecule has 148 valence electrons. The molecule has 1 aliphatic rings. The number of ether oxygens (including phenoxy) is 2. The quantitative estimate of drug-likeness (QED) is 0.706. The summed E-state index contributed by atoms with van der Waals surface area (Å²) in [4.78, 5) is 4.59. The molecule has 5 nitrogen and oxygen atoms in total. The van der Waals surface area contributed by atoms with E-state index in [4.69, 9.17) is 4.74 Å². The maximum atomic E-state index is 12.6. The average molecular weight is 392 g/mol. The summed E-state index contributed by atoms with van der Waals surface area (Å²) in [5.41, 5.74) is 3.50. The fourth-order valence-corrected chi connectivity index (χ4v) is 3.61. The summed E-state index contributed by atoms with van der Waals surface area (Å²) in [6.45, 7) is 2.41. The molecule has 2 heterocycles. The number of hydrogen-bond donors (Lipinski definition) is 1. The lowest BCUT2D eigenvalue weighted by Gasteiger charge is -2.17. The molecule has 1 saturated heterocycles. The molecule has 4 rings (SSSR count). The molecule has 0 unspecified atom stereocenters. The van der Waals surface area contributed by atoms with E-state index >= 15 is 0 Å². The van der Waals surface area contributed by atoms with Crippen molar-refractivity contribution in [3.05, 3.63) is 53.3 Å². The Hall–Kier alpha value is -2.58. The molecule has 1 aromatic heterocycles. The van der Waals surface area contributed by atoms with Crippen LogP contribution in [-0.2, 0) is 11.3 Å². The average Bonchev–Trinajstić information content (AvgIpc) is 3.27. The maximum absolute atomic E-state index is 12.6. The van der Waals surface area contributed by atoms with E-state index in [1.165, 1.54) is 12.1 Å². The molecular weight excluding hydrogens is 373 g/mol. The SMILES string of the molecule is Cc1c(CO)cccc1-n1c([C@H]2CCCO2)nc2cc(OC(F)(F)F)ccc21. The highest BCUT2D eigenvalue weighted by Gasteiger charge is 2.32. The number of nitrogens with zero attached hydrogens (tertiary/aromatic N) is 2. The van der Waals surface area contributed by atoms with E-state index in [-0.39, 0.29) is 18.5 Å². The Morgan fingerprint density at radius 2 is 2.11 bits per heavy atom. The first kappa shape index (κ1) is 18.8. The van der Waals surface area contributed by atoms with Crippen molar-refractivity contribution in [3.63, 3.8) is 0 Å². The van der Waals surface area contributed by atoms with Gasteiger partial charge in [0.05, 0.1) is 23.3 Å². The highest BCUT2D eigenvalue weighted by atomic mass is 19.4. The monoisotopic (exact) mass is 392 g/mol. The first-order valence-electron chi connectivity index (χ1n) is 8.97. The zero-order valence-corrected chi connectivity index (χ0v) is 15.2. The van der Waals surface area contributed by atoms with Crippen molar-refractivity contribution in [1.29, 1.82) is 0 Å². The molecule has 0 spiro atoms. The number of halogens is 3. The third-order valence-electron chi connectivity index (χ3n) is 4.93.